The van der Waals surface area contributed by atoms with E-state index in [1.54, 1.807) is 7.11 Å². The molecule has 0 aromatic carbocycles. The number of hydrogen-bond donors (Lipinski definition) is 0. The van der Waals surface area contributed by atoms with Crippen LogP contribution in [0.15, 0.2) is 0 Å². The van der Waals surface area contributed by atoms with E-state index in [-0.39, 0.29) is 0 Å². The van der Waals surface area contributed by atoms with Crippen LogP contribution in [0.4, 0.5) is 0 Å². The third-order valence-corrected chi connectivity index (χ3v) is 3.23. The fourth-order valence-corrected chi connectivity index (χ4v) is 2.55. The summed E-state index contributed by atoms with van der Waals surface area (Å²) in [4.78, 5) is 2.53. The molecule has 98 valence electrons. The lowest BCUT2D eigenvalue weighted by Crippen LogP contribution is -2.32. The van der Waals surface area contributed by atoms with Crippen LogP contribution in [-0.4, -0.2) is 43.6 Å². The molecule has 0 heterocycles. The molecule has 0 fully saturated rings. The lowest BCUT2D eigenvalue weighted by molar-refractivity contribution is 0.136. The molecule has 0 bridgehead atoms. The second-order valence-corrected chi connectivity index (χ2v) is 5.85. The summed E-state index contributed by atoms with van der Waals surface area (Å²) in [5.74, 6) is 1.56. The number of alkyl halides is 1. The highest BCUT2D eigenvalue weighted by molar-refractivity contribution is 9.09. The Morgan fingerprint density at radius 3 is 2.31 bits per heavy atom. The van der Waals surface area contributed by atoms with E-state index in [9.17, 15) is 0 Å². The number of methoxy groups -OCH3 is 1. The van der Waals surface area contributed by atoms with Crippen LogP contribution in [0.3, 0.4) is 0 Å². The first-order chi connectivity index (χ1) is 7.60. The van der Waals surface area contributed by atoms with Crippen LogP contribution in [-0.2, 0) is 4.74 Å². The Labute approximate surface area is 110 Å². The van der Waals surface area contributed by atoms with E-state index >= 15 is 0 Å². The van der Waals surface area contributed by atoms with E-state index in [1.165, 1.54) is 25.9 Å². The molecule has 0 aromatic rings. The Kier molecular flexibility index (Phi) is 10.8. The summed E-state index contributed by atoms with van der Waals surface area (Å²) < 4.78 is 5.16. The van der Waals surface area contributed by atoms with Gasteiger partial charge in [-0.05, 0) is 31.2 Å². The monoisotopic (exact) mass is 293 g/mol. The van der Waals surface area contributed by atoms with Crippen molar-refractivity contribution in [3.05, 3.63) is 0 Å². The zero-order chi connectivity index (χ0) is 12.4. The van der Waals surface area contributed by atoms with Gasteiger partial charge in [0.1, 0.15) is 0 Å². The van der Waals surface area contributed by atoms with Gasteiger partial charge in [0.15, 0.2) is 0 Å². The van der Waals surface area contributed by atoms with Gasteiger partial charge < -0.3 is 9.64 Å². The van der Waals surface area contributed by atoms with Gasteiger partial charge in [-0.25, -0.2) is 0 Å². The zero-order valence-electron chi connectivity index (χ0n) is 11.3. The summed E-state index contributed by atoms with van der Waals surface area (Å²) >= 11 is 3.51. The highest BCUT2D eigenvalue weighted by Crippen LogP contribution is 2.11. The molecule has 0 amide bonds. The van der Waals surface area contributed by atoms with Crippen molar-refractivity contribution in [1.29, 1.82) is 0 Å². The quantitative estimate of drug-likeness (QED) is 0.573. The van der Waals surface area contributed by atoms with Gasteiger partial charge in [-0.2, -0.15) is 0 Å². The number of hydrogen-bond acceptors (Lipinski definition) is 2. The highest BCUT2D eigenvalue weighted by atomic mass is 79.9. The van der Waals surface area contributed by atoms with Crippen molar-refractivity contribution in [3.8, 4) is 0 Å². The van der Waals surface area contributed by atoms with Crippen molar-refractivity contribution in [3.63, 3.8) is 0 Å². The molecule has 0 radical (unpaired) electrons. The molecular formula is C13H28BrNO. The van der Waals surface area contributed by atoms with Crippen LogP contribution < -0.4 is 0 Å². The van der Waals surface area contributed by atoms with Gasteiger partial charge in [0.05, 0.1) is 6.61 Å². The molecule has 1 unspecified atom stereocenters. The van der Waals surface area contributed by atoms with Crippen molar-refractivity contribution in [1.82, 2.24) is 4.90 Å². The van der Waals surface area contributed by atoms with E-state index in [2.05, 4.69) is 41.6 Å². The maximum absolute atomic E-state index is 5.16. The summed E-state index contributed by atoms with van der Waals surface area (Å²) in [6, 6.07) is 0. The fourth-order valence-electron chi connectivity index (χ4n) is 1.76. The van der Waals surface area contributed by atoms with Crippen molar-refractivity contribution in [2.75, 3.05) is 38.7 Å². The average molecular weight is 294 g/mol. The first kappa shape index (κ1) is 16.4. The third kappa shape index (κ3) is 9.61. The molecule has 0 rings (SSSR count). The topological polar surface area (TPSA) is 12.5 Å². The summed E-state index contributed by atoms with van der Waals surface area (Å²) in [5.41, 5.74) is 0. The van der Waals surface area contributed by atoms with Crippen molar-refractivity contribution in [2.45, 2.75) is 33.6 Å². The zero-order valence-corrected chi connectivity index (χ0v) is 12.9. The molecule has 3 heteroatoms. The molecule has 0 saturated carbocycles. The van der Waals surface area contributed by atoms with Crippen LogP contribution in [0, 0.1) is 11.8 Å². The lowest BCUT2D eigenvalue weighted by atomic mass is 10.0. The molecule has 0 spiro atoms. The molecule has 16 heavy (non-hydrogen) atoms. The largest absolute Gasteiger partial charge is 0.383 e. The van der Waals surface area contributed by atoms with Crippen molar-refractivity contribution >= 4 is 15.9 Å². The summed E-state index contributed by atoms with van der Waals surface area (Å²) in [7, 11) is 1.78. The summed E-state index contributed by atoms with van der Waals surface area (Å²) in [6.45, 7) is 11.2. The van der Waals surface area contributed by atoms with Gasteiger partial charge in [-0.15, -0.1) is 0 Å². The Balaban J connectivity index is 3.80. The fraction of sp³-hybridized carbons (Fsp3) is 1.00. The lowest BCUT2D eigenvalue weighted by Gasteiger charge is -2.25. The van der Waals surface area contributed by atoms with Gasteiger partial charge in [-0.3, -0.25) is 0 Å². The number of halogens is 1. The van der Waals surface area contributed by atoms with E-state index in [0.717, 1.165) is 30.3 Å². The van der Waals surface area contributed by atoms with Crippen LogP contribution in [0.1, 0.15) is 33.6 Å². The molecule has 0 aromatic heterocycles. The van der Waals surface area contributed by atoms with E-state index in [4.69, 9.17) is 4.74 Å². The van der Waals surface area contributed by atoms with E-state index in [1.807, 2.05) is 0 Å². The maximum atomic E-state index is 5.16. The summed E-state index contributed by atoms with van der Waals surface area (Å²) in [6.07, 6.45) is 2.57. The first-order valence-electron chi connectivity index (χ1n) is 6.37. The number of ether oxygens (including phenoxy) is 1. The summed E-state index contributed by atoms with van der Waals surface area (Å²) in [5, 5.41) is 1.12. The van der Waals surface area contributed by atoms with Crippen LogP contribution in [0.2, 0.25) is 0 Å². The predicted octanol–water partition coefficient (Wildman–Crippen LogP) is 3.40. The molecule has 0 saturated heterocycles. The standard InChI is InChI=1S/C13H28BrNO/c1-12(2)11-15(9-10-16-4)8-6-13(3)5-7-14/h12-13H,5-11H2,1-4H3. The van der Waals surface area contributed by atoms with Crippen molar-refractivity contribution < 1.29 is 4.74 Å². The molecule has 1 atom stereocenters. The highest BCUT2D eigenvalue weighted by Gasteiger charge is 2.09. The van der Waals surface area contributed by atoms with Crippen LogP contribution >= 0.6 is 15.9 Å². The first-order valence-corrected chi connectivity index (χ1v) is 7.49. The van der Waals surface area contributed by atoms with Crippen LogP contribution in [0.5, 0.6) is 0 Å². The molecule has 0 aliphatic heterocycles. The second kappa shape index (κ2) is 10.5. The minimum atomic E-state index is 0.739. The normalized spacial score (nSPS) is 13.7. The van der Waals surface area contributed by atoms with Crippen molar-refractivity contribution in [2.24, 2.45) is 11.8 Å². The average Bonchev–Trinajstić information content (AvgIpc) is 2.22. The van der Waals surface area contributed by atoms with E-state index < -0.39 is 0 Å². The Morgan fingerprint density at radius 1 is 1.12 bits per heavy atom. The molecule has 0 N–H and O–H groups in total. The number of rotatable bonds is 10. The van der Waals surface area contributed by atoms with Gasteiger partial charge in [-0.1, -0.05) is 36.7 Å². The Hall–Kier alpha value is 0.400. The second-order valence-electron chi connectivity index (χ2n) is 5.06. The predicted molar refractivity (Wildman–Crippen MR) is 75.3 cm³/mol. The maximum Gasteiger partial charge on any atom is 0.0589 e. The van der Waals surface area contributed by atoms with Gasteiger partial charge in [0, 0.05) is 25.5 Å². The smallest absolute Gasteiger partial charge is 0.0589 e. The number of nitrogens with zero attached hydrogens (tertiary/aromatic N) is 1. The Bertz CT molecular complexity index is 153. The van der Waals surface area contributed by atoms with Crippen LogP contribution in [0.25, 0.3) is 0 Å². The van der Waals surface area contributed by atoms with Gasteiger partial charge in [0.25, 0.3) is 0 Å². The van der Waals surface area contributed by atoms with E-state index in [0.29, 0.717) is 0 Å². The Morgan fingerprint density at radius 2 is 1.81 bits per heavy atom. The SMILES string of the molecule is COCCN(CCC(C)CCBr)CC(C)C. The minimum absolute atomic E-state index is 0.739. The van der Waals surface area contributed by atoms with Gasteiger partial charge >= 0.3 is 0 Å². The third-order valence-electron chi connectivity index (χ3n) is 2.78. The van der Waals surface area contributed by atoms with Gasteiger partial charge in [0.2, 0.25) is 0 Å². The molecule has 2 nitrogen and oxygen atoms in total. The molecule has 0 aliphatic carbocycles. The molecular weight excluding hydrogens is 266 g/mol. The molecule has 0 aliphatic rings. The minimum Gasteiger partial charge on any atom is -0.383 e.